The monoisotopic (exact) mass is 1520 g/mol. The highest BCUT2D eigenvalue weighted by atomic mass is 14.2. The van der Waals surface area contributed by atoms with Gasteiger partial charge < -0.3 is 0 Å². The highest BCUT2D eigenvalue weighted by Gasteiger charge is 2.14. The quantitative estimate of drug-likeness (QED) is 0.102. The van der Waals surface area contributed by atoms with Crippen molar-refractivity contribution in [3.05, 3.63) is 519 Å². The Hall–Kier alpha value is -14.8. The molecule has 0 aliphatic carbocycles. The molecule has 0 aliphatic rings. The van der Waals surface area contributed by atoms with Crippen LogP contribution in [0.1, 0.15) is 27.8 Å². The van der Waals surface area contributed by atoms with E-state index < -0.39 is 0 Å². The van der Waals surface area contributed by atoms with Crippen LogP contribution < -0.4 is 0 Å². The van der Waals surface area contributed by atoms with Crippen LogP contribution in [0.3, 0.4) is 0 Å². The lowest BCUT2D eigenvalue weighted by Crippen LogP contribution is -1.88. The van der Waals surface area contributed by atoms with Crippen LogP contribution in [0.25, 0.3) is 156 Å². The molecule has 0 radical (unpaired) electrons. The van der Waals surface area contributed by atoms with Gasteiger partial charge in [0.1, 0.15) is 0 Å². The fourth-order valence-electron chi connectivity index (χ4n) is 15.5. The molecule has 0 saturated heterocycles. The van der Waals surface area contributed by atoms with Crippen LogP contribution in [-0.2, 0) is 0 Å². The lowest BCUT2D eigenvalue weighted by molar-refractivity contribution is 1.45. The predicted octanol–water partition coefficient (Wildman–Crippen LogP) is 33.3. The zero-order valence-corrected chi connectivity index (χ0v) is 68.3. The van der Waals surface area contributed by atoms with Gasteiger partial charge >= 0.3 is 0 Å². The van der Waals surface area contributed by atoms with Crippen LogP contribution in [0.15, 0.2) is 491 Å². The van der Waals surface area contributed by atoms with E-state index in [0.29, 0.717) is 0 Å². The van der Waals surface area contributed by atoms with E-state index in [1.807, 2.05) is 0 Å². The Balaban J connectivity index is 0.000000116. The Morgan fingerprint density at radius 2 is 0.303 bits per heavy atom. The molecule has 0 N–H and O–H groups in total. The fraction of sp³-hybridized carbons (Fsp3) is 0.0420. The Morgan fingerprint density at radius 3 is 0.647 bits per heavy atom. The van der Waals surface area contributed by atoms with Crippen molar-refractivity contribution in [2.24, 2.45) is 0 Å². The van der Waals surface area contributed by atoms with E-state index in [0.717, 1.165) is 0 Å². The molecule has 0 spiro atoms. The maximum Gasteiger partial charge on any atom is -0.0103 e. The van der Waals surface area contributed by atoms with Gasteiger partial charge in [0.05, 0.1) is 0 Å². The SMILES string of the molecule is Cc1c(-c2ccccc2)cccc1-c1ccccc1.Cc1ccc(-c2ccccc2-c2ccc(-c3ccccc3)cc2)cc1.Cc1cccc(-c2ccccc2-c2ccc(-c3ccccc3)cc2)c1.Cc1ccccc1-c1cccc(-c2ccc(-c3ccccc3)cc2)c1.Cc1ccccc1-c1ccccc1-c1ccc(-c2ccccc2)cc1. The molecule has 0 heterocycles. The Labute approximate surface area is 704 Å². The Morgan fingerprint density at radius 1 is 0.101 bits per heavy atom. The highest BCUT2D eigenvalue weighted by Crippen LogP contribution is 2.40. The Bertz CT molecular complexity index is 6350. The molecule has 0 fully saturated rings. The van der Waals surface area contributed by atoms with Gasteiger partial charge in [-0.2, -0.15) is 0 Å². The molecular weight excluding hydrogens is 1430 g/mol. The van der Waals surface area contributed by atoms with Gasteiger partial charge in [0, 0.05) is 0 Å². The third-order valence-corrected chi connectivity index (χ3v) is 22.0. The van der Waals surface area contributed by atoms with E-state index in [1.165, 1.54) is 184 Å². The Kier molecular flexibility index (Phi) is 26.3. The number of benzene rings is 19. The van der Waals surface area contributed by atoms with Crippen LogP contribution in [0.2, 0.25) is 0 Å². The molecule has 19 aromatic rings. The van der Waals surface area contributed by atoms with Crippen molar-refractivity contribution in [3.8, 4) is 156 Å². The second kappa shape index (κ2) is 39.5. The van der Waals surface area contributed by atoms with Gasteiger partial charge in [-0.15, -0.1) is 0 Å². The summed E-state index contributed by atoms with van der Waals surface area (Å²) in [7, 11) is 0. The van der Waals surface area contributed by atoms with Crippen molar-refractivity contribution in [3.63, 3.8) is 0 Å². The van der Waals surface area contributed by atoms with Gasteiger partial charge in [-0.05, 0) is 213 Å². The summed E-state index contributed by atoms with van der Waals surface area (Å²) in [5.74, 6) is 0. The molecule has 0 aromatic heterocycles. The normalized spacial score (nSPS) is 10.6. The number of hydrogen-bond acceptors (Lipinski definition) is 0. The van der Waals surface area contributed by atoms with Crippen molar-refractivity contribution in [2.75, 3.05) is 0 Å². The molecule has 0 nitrogen and oxygen atoms in total. The zero-order valence-electron chi connectivity index (χ0n) is 68.3. The lowest BCUT2D eigenvalue weighted by Gasteiger charge is -2.13. The van der Waals surface area contributed by atoms with Gasteiger partial charge in [-0.1, -0.05) is 496 Å². The van der Waals surface area contributed by atoms with Gasteiger partial charge in [-0.3, -0.25) is 0 Å². The molecule has 0 atom stereocenters. The molecule has 572 valence electrons. The topological polar surface area (TPSA) is 0 Å². The average molecular weight is 1530 g/mol. The highest BCUT2D eigenvalue weighted by molar-refractivity contribution is 5.89. The first-order valence-electron chi connectivity index (χ1n) is 41.1. The smallest absolute Gasteiger partial charge is 0.0103 e. The molecule has 0 heteroatoms. The molecule has 119 heavy (non-hydrogen) atoms. The van der Waals surface area contributed by atoms with E-state index >= 15 is 0 Å². The molecule has 0 bridgehead atoms. The summed E-state index contributed by atoms with van der Waals surface area (Å²) in [6, 6.07) is 174. The van der Waals surface area contributed by atoms with Crippen LogP contribution >= 0.6 is 0 Å². The zero-order chi connectivity index (χ0) is 81.3. The first kappa shape index (κ1) is 79.4. The third-order valence-electron chi connectivity index (χ3n) is 22.0. The molecule has 0 saturated carbocycles. The minimum atomic E-state index is 1.25. The van der Waals surface area contributed by atoms with E-state index in [2.05, 4.69) is 526 Å². The van der Waals surface area contributed by atoms with Gasteiger partial charge in [0.2, 0.25) is 0 Å². The predicted molar refractivity (Wildman–Crippen MR) is 512 cm³/mol. The van der Waals surface area contributed by atoms with E-state index in [4.69, 9.17) is 0 Å². The first-order valence-corrected chi connectivity index (χ1v) is 41.1. The summed E-state index contributed by atoms with van der Waals surface area (Å²) >= 11 is 0. The molecule has 19 aromatic carbocycles. The number of hydrogen-bond donors (Lipinski definition) is 0. The minimum Gasteiger partial charge on any atom is -0.0622 e. The largest absolute Gasteiger partial charge is 0.0622 e. The number of rotatable bonds is 14. The summed E-state index contributed by atoms with van der Waals surface area (Å²) in [5.41, 5.74) is 41.9. The summed E-state index contributed by atoms with van der Waals surface area (Å²) < 4.78 is 0. The second-order valence-electron chi connectivity index (χ2n) is 30.1. The minimum absolute atomic E-state index is 1.25. The second-order valence-corrected chi connectivity index (χ2v) is 30.1. The first-order chi connectivity index (χ1) is 58.6. The average Bonchev–Trinajstić information content (AvgIpc) is 0.821. The van der Waals surface area contributed by atoms with Crippen LogP contribution in [0.4, 0.5) is 0 Å². The standard InChI is InChI=1S/4C25H20.C19H16/c1-19-9-5-6-12-23(19)25-14-8-7-13-24(25)22-17-15-21(16-18-22)20-10-3-2-4-11-20;1-19-8-7-11-23(18-19)25-13-6-5-12-24(25)22-16-14-21(15-17-22)20-9-3-2-4-10-20;1-19-8-5-6-13-25(19)24-12-7-11-23(18-24)22-16-14-21(15-17-22)20-9-3-2-4-10-20;1-19-11-13-22(14-12-19)24-9-5-6-10-25(24)23-17-15-21(16-18-23)20-7-3-2-4-8-20;1-15-18(16-9-4-2-5-10-16)13-8-14-19(15)17-11-6-3-7-12-17/h4*2-18H,1H3;2-14H,1H3. The molecule has 0 amide bonds. The van der Waals surface area contributed by atoms with E-state index in [-0.39, 0.29) is 0 Å². The summed E-state index contributed by atoms with van der Waals surface area (Å²) in [6.45, 7) is 10.8. The number of aryl methyl sites for hydroxylation is 4. The van der Waals surface area contributed by atoms with Crippen molar-refractivity contribution in [1.29, 1.82) is 0 Å². The van der Waals surface area contributed by atoms with E-state index in [1.54, 1.807) is 0 Å². The molecular formula is C119H96. The van der Waals surface area contributed by atoms with Gasteiger partial charge in [-0.25, -0.2) is 0 Å². The summed E-state index contributed by atoms with van der Waals surface area (Å²) in [6.07, 6.45) is 0. The van der Waals surface area contributed by atoms with Crippen molar-refractivity contribution < 1.29 is 0 Å². The van der Waals surface area contributed by atoms with Crippen LogP contribution in [0, 0.1) is 34.6 Å². The van der Waals surface area contributed by atoms with Crippen LogP contribution in [0.5, 0.6) is 0 Å². The fourth-order valence-corrected chi connectivity index (χ4v) is 15.5. The molecule has 0 unspecified atom stereocenters. The van der Waals surface area contributed by atoms with Crippen LogP contribution in [-0.4, -0.2) is 0 Å². The lowest BCUT2D eigenvalue weighted by atomic mass is 9.91. The molecule has 19 rings (SSSR count). The van der Waals surface area contributed by atoms with Gasteiger partial charge in [0.25, 0.3) is 0 Å². The summed E-state index contributed by atoms with van der Waals surface area (Å²) in [5, 5.41) is 0. The van der Waals surface area contributed by atoms with Crippen molar-refractivity contribution in [2.45, 2.75) is 34.6 Å². The van der Waals surface area contributed by atoms with Crippen molar-refractivity contribution in [1.82, 2.24) is 0 Å². The maximum atomic E-state index is 2.28. The maximum absolute atomic E-state index is 2.28. The third kappa shape index (κ3) is 20.3. The van der Waals surface area contributed by atoms with Crippen molar-refractivity contribution >= 4 is 0 Å². The van der Waals surface area contributed by atoms with E-state index in [9.17, 15) is 0 Å². The van der Waals surface area contributed by atoms with Gasteiger partial charge in [0.15, 0.2) is 0 Å². The summed E-state index contributed by atoms with van der Waals surface area (Å²) in [4.78, 5) is 0. The molecule has 0 aliphatic heterocycles.